The molecule has 1 aromatic rings. The first-order chi connectivity index (χ1) is 7.11. The SMILES string of the molecule is C#CCn1cc(F)c(=O)n(CC#C)c1=O. The summed E-state index contributed by atoms with van der Waals surface area (Å²) in [6.07, 6.45) is 10.7. The molecule has 0 saturated heterocycles. The number of aromatic nitrogens is 2. The van der Waals surface area contributed by atoms with Gasteiger partial charge in [-0.15, -0.1) is 12.8 Å². The summed E-state index contributed by atoms with van der Waals surface area (Å²) < 4.78 is 14.6. The molecule has 0 atom stereocenters. The summed E-state index contributed by atoms with van der Waals surface area (Å²) >= 11 is 0. The first-order valence-electron chi connectivity index (χ1n) is 3.98. The zero-order chi connectivity index (χ0) is 11.4. The van der Waals surface area contributed by atoms with Crippen molar-refractivity contribution >= 4 is 0 Å². The maximum atomic E-state index is 13.0. The molecule has 0 aliphatic rings. The summed E-state index contributed by atoms with van der Waals surface area (Å²) in [6, 6.07) is 0. The Kier molecular flexibility index (Phi) is 3.10. The van der Waals surface area contributed by atoms with Crippen molar-refractivity contribution in [2.45, 2.75) is 13.1 Å². The van der Waals surface area contributed by atoms with E-state index in [0.29, 0.717) is 4.57 Å². The molecule has 0 aliphatic heterocycles. The first-order valence-corrected chi connectivity index (χ1v) is 3.98. The Morgan fingerprint density at radius 3 is 2.40 bits per heavy atom. The summed E-state index contributed by atoms with van der Waals surface area (Å²) in [4.78, 5) is 22.7. The summed E-state index contributed by atoms with van der Waals surface area (Å²) in [6.45, 7) is -0.388. The minimum absolute atomic E-state index is 0.111. The molecular weight excluding hydrogens is 199 g/mol. The zero-order valence-corrected chi connectivity index (χ0v) is 7.74. The highest BCUT2D eigenvalue weighted by atomic mass is 19.1. The first kappa shape index (κ1) is 10.8. The normalized spacial score (nSPS) is 9.27. The van der Waals surface area contributed by atoms with Gasteiger partial charge in [0.15, 0.2) is 0 Å². The average Bonchev–Trinajstić information content (AvgIpc) is 2.21. The second-order valence-electron chi connectivity index (χ2n) is 2.69. The van der Waals surface area contributed by atoms with Gasteiger partial charge in [0.2, 0.25) is 5.82 Å². The predicted molar refractivity (Wildman–Crippen MR) is 52.6 cm³/mol. The van der Waals surface area contributed by atoms with Crippen molar-refractivity contribution in [3.63, 3.8) is 0 Å². The topological polar surface area (TPSA) is 44.0 Å². The van der Waals surface area contributed by atoms with E-state index in [2.05, 4.69) is 11.8 Å². The van der Waals surface area contributed by atoms with Crippen molar-refractivity contribution in [1.82, 2.24) is 9.13 Å². The van der Waals surface area contributed by atoms with Crippen LogP contribution in [0.5, 0.6) is 0 Å². The van der Waals surface area contributed by atoms with Gasteiger partial charge in [0.25, 0.3) is 5.56 Å². The standard InChI is InChI=1S/C10H7FN2O2/c1-3-5-12-7-8(11)9(14)13(6-4-2)10(12)15/h1-2,7H,5-6H2. The molecule has 5 heteroatoms. The summed E-state index contributed by atoms with van der Waals surface area (Å²) in [5.74, 6) is 3.21. The van der Waals surface area contributed by atoms with Crippen molar-refractivity contribution in [1.29, 1.82) is 0 Å². The molecule has 0 N–H and O–H groups in total. The van der Waals surface area contributed by atoms with Crippen LogP contribution in [0.3, 0.4) is 0 Å². The Morgan fingerprint density at radius 1 is 1.27 bits per heavy atom. The van der Waals surface area contributed by atoms with Crippen LogP contribution in [0.15, 0.2) is 15.8 Å². The van der Waals surface area contributed by atoms with Crippen molar-refractivity contribution in [2.75, 3.05) is 0 Å². The van der Waals surface area contributed by atoms with Gasteiger partial charge in [-0.3, -0.25) is 9.36 Å². The second-order valence-corrected chi connectivity index (χ2v) is 2.69. The fourth-order valence-corrected chi connectivity index (χ4v) is 1.06. The third-order valence-electron chi connectivity index (χ3n) is 1.71. The van der Waals surface area contributed by atoms with Crippen LogP contribution >= 0.6 is 0 Å². The van der Waals surface area contributed by atoms with E-state index in [9.17, 15) is 14.0 Å². The van der Waals surface area contributed by atoms with Gasteiger partial charge in [0, 0.05) is 0 Å². The molecule has 0 fully saturated rings. The fraction of sp³-hybridized carbons (Fsp3) is 0.200. The van der Waals surface area contributed by atoms with Gasteiger partial charge in [-0.1, -0.05) is 11.8 Å². The highest BCUT2D eigenvalue weighted by Gasteiger charge is 2.09. The van der Waals surface area contributed by atoms with Crippen molar-refractivity contribution in [3.8, 4) is 24.7 Å². The third-order valence-corrected chi connectivity index (χ3v) is 1.71. The summed E-state index contributed by atoms with van der Waals surface area (Å²) in [5, 5.41) is 0. The largest absolute Gasteiger partial charge is 0.332 e. The molecule has 1 rings (SSSR count). The lowest BCUT2D eigenvalue weighted by Gasteiger charge is -2.05. The van der Waals surface area contributed by atoms with E-state index >= 15 is 0 Å². The van der Waals surface area contributed by atoms with Crippen LogP contribution in [-0.4, -0.2) is 9.13 Å². The maximum absolute atomic E-state index is 13.0. The van der Waals surface area contributed by atoms with Gasteiger partial charge in [-0.2, -0.15) is 4.39 Å². The van der Waals surface area contributed by atoms with E-state index in [1.54, 1.807) is 0 Å². The van der Waals surface area contributed by atoms with Crippen LogP contribution in [0.25, 0.3) is 0 Å². The van der Waals surface area contributed by atoms with Crippen LogP contribution in [0.4, 0.5) is 4.39 Å². The molecule has 0 unspecified atom stereocenters. The van der Waals surface area contributed by atoms with E-state index < -0.39 is 17.1 Å². The van der Waals surface area contributed by atoms with E-state index in [4.69, 9.17) is 12.8 Å². The molecule has 76 valence electrons. The molecule has 1 aromatic heterocycles. The zero-order valence-electron chi connectivity index (χ0n) is 7.74. The average molecular weight is 206 g/mol. The number of terminal acetylenes is 2. The summed E-state index contributed by atoms with van der Waals surface area (Å²) in [7, 11) is 0. The van der Waals surface area contributed by atoms with E-state index in [-0.39, 0.29) is 13.1 Å². The second kappa shape index (κ2) is 4.30. The van der Waals surface area contributed by atoms with Crippen LogP contribution < -0.4 is 11.2 Å². The molecule has 0 spiro atoms. The Bertz CT molecular complexity index is 569. The van der Waals surface area contributed by atoms with Gasteiger partial charge >= 0.3 is 5.69 Å². The van der Waals surface area contributed by atoms with E-state index in [1.165, 1.54) is 0 Å². The Balaban J connectivity index is 3.52. The quantitative estimate of drug-likeness (QED) is 0.607. The van der Waals surface area contributed by atoms with Gasteiger partial charge < -0.3 is 0 Å². The number of halogens is 1. The third kappa shape index (κ3) is 1.97. The molecule has 0 saturated carbocycles. The fourth-order valence-electron chi connectivity index (χ4n) is 1.06. The maximum Gasteiger partial charge on any atom is 0.332 e. The van der Waals surface area contributed by atoms with Crippen LogP contribution in [0, 0.1) is 30.5 Å². The highest BCUT2D eigenvalue weighted by molar-refractivity contribution is 4.97. The Labute approximate surface area is 85.0 Å². The summed E-state index contributed by atoms with van der Waals surface area (Å²) in [5.41, 5.74) is -1.75. The predicted octanol–water partition coefficient (Wildman–Crippen LogP) is -0.584. The lowest BCUT2D eigenvalue weighted by molar-refractivity contribution is 0.527. The molecule has 0 aliphatic carbocycles. The van der Waals surface area contributed by atoms with Crippen molar-refractivity contribution < 1.29 is 4.39 Å². The van der Waals surface area contributed by atoms with E-state index in [0.717, 1.165) is 10.8 Å². The minimum atomic E-state index is -1.06. The number of rotatable bonds is 2. The van der Waals surface area contributed by atoms with Crippen LogP contribution in [0.1, 0.15) is 0 Å². The highest BCUT2D eigenvalue weighted by Crippen LogP contribution is 1.86. The Hall–Kier alpha value is -2.27. The van der Waals surface area contributed by atoms with Gasteiger partial charge in [-0.25, -0.2) is 9.36 Å². The minimum Gasteiger partial charge on any atom is -0.286 e. The monoisotopic (exact) mass is 206 g/mol. The van der Waals surface area contributed by atoms with Crippen LogP contribution in [-0.2, 0) is 13.1 Å². The molecule has 4 nitrogen and oxygen atoms in total. The van der Waals surface area contributed by atoms with Gasteiger partial charge in [0.1, 0.15) is 0 Å². The molecular formula is C10H7FN2O2. The molecule has 1 heterocycles. The molecule has 15 heavy (non-hydrogen) atoms. The molecule has 0 bridgehead atoms. The van der Waals surface area contributed by atoms with Crippen molar-refractivity contribution in [2.24, 2.45) is 0 Å². The van der Waals surface area contributed by atoms with Crippen molar-refractivity contribution in [3.05, 3.63) is 32.9 Å². The number of hydrogen-bond donors (Lipinski definition) is 0. The van der Waals surface area contributed by atoms with Gasteiger partial charge in [-0.05, 0) is 0 Å². The molecule has 0 amide bonds. The molecule has 0 radical (unpaired) electrons. The lowest BCUT2D eigenvalue weighted by Crippen LogP contribution is -2.40. The Morgan fingerprint density at radius 2 is 1.87 bits per heavy atom. The smallest absolute Gasteiger partial charge is 0.286 e. The lowest BCUT2D eigenvalue weighted by atomic mass is 10.5. The number of hydrogen-bond acceptors (Lipinski definition) is 2. The molecule has 0 aromatic carbocycles. The van der Waals surface area contributed by atoms with E-state index in [1.807, 2.05) is 0 Å². The number of nitrogens with zero attached hydrogens (tertiary/aromatic N) is 2. The van der Waals surface area contributed by atoms with Crippen LogP contribution in [0.2, 0.25) is 0 Å². The van der Waals surface area contributed by atoms with Gasteiger partial charge in [0.05, 0.1) is 19.3 Å².